The van der Waals surface area contributed by atoms with Crippen LogP contribution in [-0.2, 0) is 4.79 Å². The van der Waals surface area contributed by atoms with Gasteiger partial charge in [-0.05, 0) is 36.8 Å². The molecule has 0 saturated heterocycles. The first kappa shape index (κ1) is 23.7. The maximum Gasteiger partial charge on any atom is 0.322 e. The number of aliphatic carboxylic acids is 1. The van der Waals surface area contributed by atoms with Crippen molar-refractivity contribution in [1.29, 1.82) is 0 Å². The molecule has 0 fully saturated rings. The fraction of sp³-hybridized carbons (Fsp3) is 0.364. The van der Waals surface area contributed by atoms with Gasteiger partial charge in [-0.25, -0.2) is 4.98 Å². The summed E-state index contributed by atoms with van der Waals surface area (Å²) in [6.07, 6.45) is 5.74. The Labute approximate surface area is 180 Å². The molecule has 9 nitrogen and oxygen atoms in total. The molecule has 1 aromatic carbocycles. The van der Waals surface area contributed by atoms with E-state index >= 15 is 0 Å². The summed E-state index contributed by atoms with van der Waals surface area (Å²) in [5.41, 5.74) is 0.647. The number of aromatic nitrogens is 1. The lowest BCUT2D eigenvalue weighted by atomic mass is 10.2. The number of carboxylic acids is 1. The van der Waals surface area contributed by atoms with Gasteiger partial charge in [0.15, 0.2) is 11.4 Å². The van der Waals surface area contributed by atoms with E-state index in [9.17, 15) is 14.4 Å². The number of hydrogen-bond acceptors (Lipinski definition) is 6. The molecule has 1 aromatic heterocycles. The minimum absolute atomic E-state index is 0.0577. The van der Waals surface area contributed by atoms with Crippen LogP contribution in [0.3, 0.4) is 0 Å². The molecule has 0 radical (unpaired) electrons. The number of amides is 2. The number of ether oxygens (including phenoxy) is 2. The monoisotopic (exact) mass is 429 g/mol. The molecule has 166 valence electrons. The Balaban J connectivity index is 1.97. The average molecular weight is 429 g/mol. The van der Waals surface area contributed by atoms with Crippen LogP contribution in [0, 0.1) is 0 Å². The van der Waals surface area contributed by atoms with E-state index in [0.29, 0.717) is 12.3 Å². The van der Waals surface area contributed by atoms with E-state index in [2.05, 4.69) is 22.5 Å². The Hall–Kier alpha value is -3.62. The highest BCUT2D eigenvalue weighted by atomic mass is 16.5. The van der Waals surface area contributed by atoms with E-state index in [1.54, 1.807) is 24.3 Å². The molecule has 0 saturated carbocycles. The summed E-state index contributed by atoms with van der Waals surface area (Å²) in [5.74, 6) is -1.54. The maximum atomic E-state index is 12.5. The zero-order valence-corrected chi connectivity index (χ0v) is 17.6. The summed E-state index contributed by atoms with van der Waals surface area (Å²) in [7, 11) is 1.33. The van der Waals surface area contributed by atoms with Gasteiger partial charge in [-0.2, -0.15) is 0 Å². The molecule has 31 heavy (non-hydrogen) atoms. The fourth-order valence-corrected chi connectivity index (χ4v) is 2.69. The molecule has 2 aromatic rings. The van der Waals surface area contributed by atoms with Crippen LogP contribution in [-0.4, -0.2) is 48.1 Å². The molecule has 2 rings (SSSR count). The van der Waals surface area contributed by atoms with Gasteiger partial charge in [-0.3, -0.25) is 14.4 Å². The number of nitrogens with zero attached hydrogens (tertiary/aromatic N) is 1. The van der Waals surface area contributed by atoms with Gasteiger partial charge in [0.25, 0.3) is 11.8 Å². The van der Waals surface area contributed by atoms with Crippen molar-refractivity contribution in [3.8, 4) is 11.5 Å². The maximum absolute atomic E-state index is 12.5. The van der Waals surface area contributed by atoms with Gasteiger partial charge in [0.05, 0.1) is 19.3 Å². The van der Waals surface area contributed by atoms with Crippen molar-refractivity contribution in [2.75, 3.05) is 25.6 Å². The number of nitrogens with one attached hydrogen (secondary N) is 2. The van der Waals surface area contributed by atoms with Gasteiger partial charge in [-0.1, -0.05) is 26.2 Å². The third-order valence-corrected chi connectivity index (χ3v) is 4.33. The van der Waals surface area contributed by atoms with Crippen LogP contribution in [0.1, 0.15) is 53.5 Å². The summed E-state index contributed by atoms with van der Waals surface area (Å²) >= 11 is 0. The van der Waals surface area contributed by atoms with Gasteiger partial charge in [0.1, 0.15) is 12.3 Å². The number of anilines is 1. The summed E-state index contributed by atoms with van der Waals surface area (Å²) in [6.45, 7) is 2.27. The molecule has 3 N–H and O–H groups in total. The Kier molecular flexibility index (Phi) is 9.28. The van der Waals surface area contributed by atoms with Crippen LogP contribution in [0.5, 0.6) is 11.5 Å². The number of carbonyl (C=O) groups excluding carboxylic acids is 2. The minimum Gasteiger partial charge on any atom is -0.494 e. The first-order chi connectivity index (χ1) is 14.9. The van der Waals surface area contributed by atoms with Crippen molar-refractivity contribution in [3.63, 3.8) is 0 Å². The Morgan fingerprint density at radius 3 is 2.45 bits per heavy atom. The average Bonchev–Trinajstić information content (AvgIpc) is 2.77. The van der Waals surface area contributed by atoms with Crippen molar-refractivity contribution in [1.82, 2.24) is 10.3 Å². The molecular formula is C22H27N3O6. The van der Waals surface area contributed by atoms with Crippen molar-refractivity contribution < 1.29 is 29.0 Å². The molecule has 0 aliphatic heterocycles. The van der Waals surface area contributed by atoms with Gasteiger partial charge < -0.3 is 25.2 Å². The number of pyridine rings is 1. The van der Waals surface area contributed by atoms with Crippen molar-refractivity contribution in [2.45, 2.75) is 32.6 Å². The second-order valence-corrected chi connectivity index (χ2v) is 6.74. The quantitative estimate of drug-likeness (QED) is 0.442. The van der Waals surface area contributed by atoms with Gasteiger partial charge in [0.2, 0.25) is 0 Å². The lowest BCUT2D eigenvalue weighted by Gasteiger charge is -2.11. The van der Waals surface area contributed by atoms with Crippen LogP contribution < -0.4 is 20.1 Å². The zero-order chi connectivity index (χ0) is 22.6. The second-order valence-electron chi connectivity index (χ2n) is 6.74. The summed E-state index contributed by atoms with van der Waals surface area (Å²) in [6, 6.07) is 8.40. The number of unbranched alkanes of at least 4 members (excludes halogenated alkanes) is 3. The van der Waals surface area contributed by atoms with Crippen molar-refractivity contribution >= 4 is 23.5 Å². The van der Waals surface area contributed by atoms with E-state index < -0.39 is 24.3 Å². The van der Waals surface area contributed by atoms with Crippen LogP contribution in [0.25, 0.3) is 0 Å². The SMILES string of the molecule is CCCCCCOc1ccc(NC(=O)c2cnc(C(=O)NCC(=O)O)c(OC)c2)cc1. The van der Waals surface area contributed by atoms with Crippen LogP contribution in [0.4, 0.5) is 5.69 Å². The van der Waals surface area contributed by atoms with Crippen LogP contribution in [0.2, 0.25) is 0 Å². The van der Waals surface area contributed by atoms with E-state index in [4.69, 9.17) is 14.6 Å². The number of carbonyl (C=O) groups is 3. The van der Waals surface area contributed by atoms with Crippen LogP contribution in [0.15, 0.2) is 36.5 Å². The fourth-order valence-electron chi connectivity index (χ4n) is 2.69. The predicted molar refractivity (Wildman–Crippen MR) is 115 cm³/mol. The highest BCUT2D eigenvalue weighted by Gasteiger charge is 2.18. The second kappa shape index (κ2) is 12.2. The molecule has 9 heteroatoms. The smallest absolute Gasteiger partial charge is 0.322 e. The number of benzene rings is 1. The zero-order valence-electron chi connectivity index (χ0n) is 17.6. The molecule has 1 heterocycles. The Morgan fingerprint density at radius 2 is 1.81 bits per heavy atom. The summed E-state index contributed by atoms with van der Waals surface area (Å²) in [4.78, 5) is 39.1. The van der Waals surface area contributed by atoms with E-state index in [1.165, 1.54) is 32.2 Å². The third-order valence-electron chi connectivity index (χ3n) is 4.33. The van der Waals surface area contributed by atoms with Crippen molar-refractivity contribution in [2.24, 2.45) is 0 Å². The first-order valence-corrected chi connectivity index (χ1v) is 10.0. The number of carboxylic acid groups (broad SMARTS) is 1. The van der Waals surface area contributed by atoms with Crippen molar-refractivity contribution in [3.05, 3.63) is 47.8 Å². The molecule has 2 amide bonds. The molecule has 0 aliphatic carbocycles. The van der Waals surface area contributed by atoms with Gasteiger partial charge in [0, 0.05) is 11.9 Å². The number of hydrogen-bond donors (Lipinski definition) is 3. The normalized spacial score (nSPS) is 10.3. The largest absolute Gasteiger partial charge is 0.494 e. The highest BCUT2D eigenvalue weighted by Crippen LogP contribution is 2.20. The predicted octanol–water partition coefficient (Wildman–Crippen LogP) is 3.12. The summed E-state index contributed by atoms with van der Waals surface area (Å²) < 4.78 is 10.8. The standard InChI is InChI=1S/C22H27N3O6/c1-3-4-5-6-11-31-17-9-7-16(8-10-17)25-21(28)15-12-18(30-2)20(23-13-15)22(29)24-14-19(26)27/h7-10,12-13H,3-6,11,14H2,1-2H3,(H,24,29)(H,25,28)(H,26,27). The minimum atomic E-state index is -1.18. The molecule has 0 aliphatic rings. The lowest BCUT2D eigenvalue weighted by molar-refractivity contribution is -0.135. The Bertz CT molecular complexity index is 899. The third kappa shape index (κ3) is 7.61. The first-order valence-electron chi connectivity index (χ1n) is 10.0. The van der Waals surface area contributed by atoms with E-state index in [0.717, 1.165) is 18.6 Å². The molecule has 0 spiro atoms. The molecule has 0 bridgehead atoms. The van der Waals surface area contributed by atoms with Crippen LogP contribution >= 0.6 is 0 Å². The van der Waals surface area contributed by atoms with E-state index in [-0.39, 0.29) is 17.0 Å². The molecule has 0 unspecified atom stereocenters. The lowest BCUT2D eigenvalue weighted by Crippen LogP contribution is -2.30. The number of rotatable bonds is 12. The highest BCUT2D eigenvalue weighted by molar-refractivity contribution is 6.05. The molecule has 0 atom stereocenters. The Morgan fingerprint density at radius 1 is 1.06 bits per heavy atom. The van der Waals surface area contributed by atoms with E-state index in [1.807, 2.05) is 0 Å². The van der Waals surface area contributed by atoms with Gasteiger partial charge in [-0.15, -0.1) is 0 Å². The van der Waals surface area contributed by atoms with Gasteiger partial charge >= 0.3 is 5.97 Å². The molecular weight excluding hydrogens is 402 g/mol. The number of methoxy groups -OCH3 is 1. The topological polar surface area (TPSA) is 127 Å². The summed E-state index contributed by atoms with van der Waals surface area (Å²) in [5, 5.41) is 13.6.